The quantitative estimate of drug-likeness (QED) is 0.854. The third kappa shape index (κ3) is 4.56. The number of nitrogens with one attached hydrogen (secondary N) is 1. The molecule has 1 heterocycles. The molecule has 1 atom stereocenters. The molecule has 2 fully saturated rings. The molecule has 3 rings (SSSR count). The van der Waals surface area contributed by atoms with Gasteiger partial charge < -0.3 is 5.32 Å². The van der Waals surface area contributed by atoms with Gasteiger partial charge in [0, 0.05) is 38.3 Å². The van der Waals surface area contributed by atoms with Crippen molar-refractivity contribution in [3.8, 4) is 6.07 Å². The van der Waals surface area contributed by atoms with E-state index in [1.165, 1.54) is 6.07 Å². The number of carbonyl (C=O) groups excluding carboxylic acids is 1. The molecule has 1 aliphatic heterocycles. The van der Waals surface area contributed by atoms with E-state index in [1.54, 1.807) is 6.07 Å². The zero-order valence-electron chi connectivity index (χ0n) is 14.7. The molecule has 1 aliphatic carbocycles. The van der Waals surface area contributed by atoms with E-state index in [0.717, 1.165) is 39.0 Å². The summed E-state index contributed by atoms with van der Waals surface area (Å²) in [5, 5.41) is 12.2. The number of halogens is 1. The normalized spacial score (nSPS) is 21.3. The molecule has 134 valence electrons. The van der Waals surface area contributed by atoms with Gasteiger partial charge in [-0.1, -0.05) is 18.2 Å². The number of hydrogen-bond acceptors (Lipinski definition) is 4. The topological polar surface area (TPSA) is 59.4 Å². The van der Waals surface area contributed by atoms with Crippen LogP contribution in [0.2, 0.25) is 0 Å². The van der Waals surface area contributed by atoms with Crippen molar-refractivity contribution in [2.24, 2.45) is 5.92 Å². The van der Waals surface area contributed by atoms with Crippen molar-refractivity contribution in [1.82, 2.24) is 15.1 Å². The number of nitrogens with zero attached hydrogens (tertiary/aromatic N) is 3. The summed E-state index contributed by atoms with van der Waals surface area (Å²) in [5.74, 6) is 0.0396. The van der Waals surface area contributed by atoms with Crippen LogP contribution in [0, 0.1) is 23.1 Å². The molecule has 6 heteroatoms. The zero-order chi connectivity index (χ0) is 17.9. The number of piperazine rings is 1. The fourth-order valence-electron chi connectivity index (χ4n) is 3.39. The highest BCUT2D eigenvalue weighted by Gasteiger charge is 2.43. The van der Waals surface area contributed by atoms with Crippen LogP contribution >= 0.6 is 0 Å². The summed E-state index contributed by atoms with van der Waals surface area (Å²) in [5.41, 5.74) is -0.0214. The summed E-state index contributed by atoms with van der Waals surface area (Å²) >= 11 is 0. The van der Waals surface area contributed by atoms with Gasteiger partial charge in [0.25, 0.3) is 0 Å². The summed E-state index contributed by atoms with van der Waals surface area (Å²) in [7, 11) is 0. The van der Waals surface area contributed by atoms with Crippen molar-refractivity contribution < 1.29 is 9.18 Å². The van der Waals surface area contributed by atoms with Crippen molar-refractivity contribution in [1.29, 1.82) is 5.26 Å². The zero-order valence-corrected chi connectivity index (χ0v) is 14.7. The van der Waals surface area contributed by atoms with Crippen LogP contribution in [0.3, 0.4) is 0 Å². The first kappa shape index (κ1) is 17.8. The van der Waals surface area contributed by atoms with Crippen molar-refractivity contribution >= 4 is 5.91 Å². The van der Waals surface area contributed by atoms with Crippen LogP contribution in [0.4, 0.5) is 4.39 Å². The van der Waals surface area contributed by atoms with E-state index in [-0.39, 0.29) is 11.7 Å². The van der Waals surface area contributed by atoms with Gasteiger partial charge in [-0.05, 0) is 31.7 Å². The average Bonchev–Trinajstić information content (AvgIpc) is 3.44. The molecule has 25 heavy (non-hydrogen) atoms. The Morgan fingerprint density at radius 2 is 1.92 bits per heavy atom. The predicted octanol–water partition coefficient (Wildman–Crippen LogP) is 1.75. The molecule has 0 spiro atoms. The van der Waals surface area contributed by atoms with Gasteiger partial charge in [-0.25, -0.2) is 4.39 Å². The summed E-state index contributed by atoms with van der Waals surface area (Å²) in [6.07, 6.45) is 2.03. The molecule has 0 bridgehead atoms. The molecule has 0 radical (unpaired) electrons. The van der Waals surface area contributed by atoms with E-state index in [0.29, 0.717) is 24.6 Å². The minimum atomic E-state index is -0.732. The van der Waals surface area contributed by atoms with Crippen molar-refractivity contribution in [2.45, 2.75) is 31.8 Å². The van der Waals surface area contributed by atoms with Crippen LogP contribution in [0.1, 0.15) is 25.3 Å². The van der Waals surface area contributed by atoms with Gasteiger partial charge >= 0.3 is 0 Å². The molecule has 1 aromatic carbocycles. The van der Waals surface area contributed by atoms with E-state index in [2.05, 4.69) is 21.2 Å². The van der Waals surface area contributed by atoms with E-state index in [1.807, 2.05) is 19.1 Å². The number of carbonyl (C=O) groups is 1. The van der Waals surface area contributed by atoms with Gasteiger partial charge in [-0.15, -0.1) is 0 Å². The van der Waals surface area contributed by atoms with Crippen LogP contribution in [-0.2, 0) is 11.3 Å². The third-order valence-corrected chi connectivity index (χ3v) is 5.21. The number of rotatable bonds is 6. The summed E-state index contributed by atoms with van der Waals surface area (Å²) in [4.78, 5) is 16.6. The SMILES string of the molecule is C[C@](C#N)(NC(=O)CN1CCN(Cc2ccccc2F)CC1)C1CC1. The summed E-state index contributed by atoms with van der Waals surface area (Å²) in [6, 6.07) is 9.11. The Kier molecular flexibility index (Phi) is 5.36. The fraction of sp³-hybridized carbons (Fsp3) is 0.579. The van der Waals surface area contributed by atoms with Crippen molar-refractivity contribution in [3.05, 3.63) is 35.6 Å². The molecule has 0 aromatic heterocycles. The largest absolute Gasteiger partial charge is 0.337 e. The van der Waals surface area contributed by atoms with Crippen molar-refractivity contribution in [2.75, 3.05) is 32.7 Å². The van der Waals surface area contributed by atoms with Gasteiger partial charge in [0.2, 0.25) is 5.91 Å². The maximum atomic E-state index is 13.7. The lowest BCUT2D eigenvalue weighted by Gasteiger charge is -2.35. The Bertz CT molecular complexity index is 662. The Morgan fingerprint density at radius 3 is 2.52 bits per heavy atom. The van der Waals surface area contributed by atoms with E-state index in [4.69, 9.17) is 0 Å². The second kappa shape index (κ2) is 7.51. The van der Waals surface area contributed by atoms with Crippen molar-refractivity contribution in [3.63, 3.8) is 0 Å². The highest BCUT2D eigenvalue weighted by atomic mass is 19.1. The Balaban J connectivity index is 1.44. The monoisotopic (exact) mass is 344 g/mol. The lowest BCUT2D eigenvalue weighted by Crippen LogP contribution is -2.53. The maximum Gasteiger partial charge on any atom is 0.235 e. The van der Waals surface area contributed by atoms with Crippen LogP contribution in [0.25, 0.3) is 0 Å². The Labute approximate surface area is 148 Å². The molecule has 1 aromatic rings. The van der Waals surface area contributed by atoms with Gasteiger partial charge in [0.1, 0.15) is 11.4 Å². The van der Waals surface area contributed by atoms with Crippen LogP contribution in [-0.4, -0.2) is 54.0 Å². The van der Waals surface area contributed by atoms with E-state index in [9.17, 15) is 14.4 Å². The standard InChI is InChI=1S/C19H25FN4O/c1-19(14-21,16-6-7-16)22-18(25)13-24-10-8-23(9-11-24)12-15-4-2-3-5-17(15)20/h2-5,16H,6-13H2,1H3,(H,22,25)/t19-/m1/s1. The lowest BCUT2D eigenvalue weighted by atomic mass is 9.98. The highest BCUT2D eigenvalue weighted by molar-refractivity contribution is 5.79. The van der Waals surface area contributed by atoms with Gasteiger partial charge in [-0.3, -0.25) is 14.6 Å². The Hall–Kier alpha value is -1.97. The first-order valence-electron chi connectivity index (χ1n) is 8.90. The molecule has 5 nitrogen and oxygen atoms in total. The molecular weight excluding hydrogens is 319 g/mol. The van der Waals surface area contributed by atoms with E-state index >= 15 is 0 Å². The summed E-state index contributed by atoms with van der Waals surface area (Å²) in [6.45, 7) is 5.88. The maximum absolute atomic E-state index is 13.7. The minimum Gasteiger partial charge on any atom is -0.337 e. The fourth-order valence-corrected chi connectivity index (χ4v) is 3.39. The molecule has 1 saturated carbocycles. The third-order valence-electron chi connectivity index (χ3n) is 5.21. The highest BCUT2D eigenvalue weighted by Crippen LogP contribution is 2.39. The molecular formula is C19H25FN4O. The molecule has 0 unspecified atom stereocenters. The van der Waals surface area contributed by atoms with Crippen LogP contribution < -0.4 is 5.32 Å². The summed E-state index contributed by atoms with van der Waals surface area (Å²) < 4.78 is 13.7. The molecule has 1 saturated heterocycles. The number of amides is 1. The number of hydrogen-bond donors (Lipinski definition) is 1. The second-order valence-electron chi connectivity index (χ2n) is 7.28. The predicted molar refractivity (Wildman–Crippen MR) is 93.0 cm³/mol. The average molecular weight is 344 g/mol. The van der Waals surface area contributed by atoms with E-state index < -0.39 is 5.54 Å². The van der Waals surface area contributed by atoms with Gasteiger partial charge in [-0.2, -0.15) is 5.26 Å². The minimum absolute atomic E-state index is 0.0847. The van der Waals surface area contributed by atoms with Gasteiger partial charge in [0.15, 0.2) is 0 Å². The first-order valence-corrected chi connectivity index (χ1v) is 8.90. The molecule has 1 amide bonds. The molecule has 1 N–H and O–H groups in total. The molecule has 2 aliphatic rings. The smallest absolute Gasteiger partial charge is 0.235 e. The number of nitriles is 1. The number of benzene rings is 1. The Morgan fingerprint density at radius 1 is 1.28 bits per heavy atom. The van der Waals surface area contributed by atoms with Crippen LogP contribution in [0.15, 0.2) is 24.3 Å². The van der Waals surface area contributed by atoms with Gasteiger partial charge in [0.05, 0.1) is 12.6 Å². The second-order valence-corrected chi connectivity index (χ2v) is 7.28. The lowest BCUT2D eigenvalue weighted by molar-refractivity contribution is -0.124. The van der Waals surface area contributed by atoms with Crippen LogP contribution in [0.5, 0.6) is 0 Å². The first-order chi connectivity index (χ1) is 12.0.